The van der Waals surface area contributed by atoms with Gasteiger partial charge in [-0.3, -0.25) is 4.79 Å². The third-order valence-electron chi connectivity index (χ3n) is 3.40. The molecule has 0 amide bonds. The molecule has 6 nitrogen and oxygen atoms in total. The van der Waals surface area contributed by atoms with Crippen molar-refractivity contribution in [1.29, 1.82) is 0 Å². The smallest absolute Gasteiger partial charge is 0.277 e. The number of hydrogen-bond acceptors (Lipinski definition) is 4. The second kappa shape index (κ2) is 5.32. The van der Waals surface area contributed by atoms with Gasteiger partial charge < -0.3 is 15.0 Å². The van der Waals surface area contributed by atoms with E-state index in [2.05, 4.69) is 15.4 Å². The molecule has 2 N–H and O–H groups in total. The van der Waals surface area contributed by atoms with Crippen molar-refractivity contribution in [2.24, 2.45) is 0 Å². The highest BCUT2D eigenvalue weighted by molar-refractivity contribution is 5.85. The van der Waals surface area contributed by atoms with Crippen LogP contribution in [0.15, 0.2) is 10.9 Å². The largest absolute Gasteiger partial charge is 0.378 e. The summed E-state index contributed by atoms with van der Waals surface area (Å²) in [6, 6.07) is 1.97. The Balaban J connectivity index is 0.00000133. The van der Waals surface area contributed by atoms with Crippen LogP contribution in [0, 0.1) is 13.8 Å². The average molecular weight is 285 g/mol. The van der Waals surface area contributed by atoms with Crippen molar-refractivity contribution in [2.45, 2.75) is 19.9 Å². The van der Waals surface area contributed by atoms with Crippen molar-refractivity contribution in [3.63, 3.8) is 0 Å². The summed E-state index contributed by atoms with van der Waals surface area (Å²) in [7, 11) is 0. The molecule has 7 heteroatoms. The molecule has 0 saturated carbocycles. The molecule has 104 valence electrons. The van der Waals surface area contributed by atoms with Crippen molar-refractivity contribution in [1.82, 2.24) is 19.9 Å². The lowest BCUT2D eigenvalue weighted by Gasteiger charge is -2.21. The molecule has 0 aliphatic carbocycles. The van der Waals surface area contributed by atoms with Gasteiger partial charge in [-0.05, 0) is 13.8 Å². The SMILES string of the molecule is Cc1[nH]c2cc(C3COCCN3)nn2c(=O)c1C.Cl. The van der Waals surface area contributed by atoms with Gasteiger partial charge in [0.25, 0.3) is 5.56 Å². The molecule has 0 aromatic carbocycles. The van der Waals surface area contributed by atoms with E-state index in [1.54, 1.807) is 6.92 Å². The Kier molecular flexibility index (Phi) is 3.93. The molecule has 1 fully saturated rings. The summed E-state index contributed by atoms with van der Waals surface area (Å²) in [6.07, 6.45) is 0. The predicted octanol–water partition coefficient (Wildman–Crippen LogP) is 0.722. The standard InChI is InChI=1S/C12H16N4O2.ClH/c1-7-8(2)14-11-5-9(15-16(11)12(7)17)10-6-18-4-3-13-10;/h5,10,13-14H,3-4,6H2,1-2H3;1H. The van der Waals surface area contributed by atoms with E-state index in [-0.39, 0.29) is 24.0 Å². The second-order valence-corrected chi connectivity index (χ2v) is 4.63. The zero-order chi connectivity index (χ0) is 12.7. The normalized spacial score (nSPS) is 19.4. The molecule has 1 aliphatic heterocycles. The third-order valence-corrected chi connectivity index (χ3v) is 3.40. The molecule has 0 spiro atoms. The molecule has 0 bridgehead atoms. The number of nitrogens with one attached hydrogen (secondary N) is 2. The van der Waals surface area contributed by atoms with Crippen LogP contribution in [-0.2, 0) is 4.74 Å². The van der Waals surface area contributed by atoms with Gasteiger partial charge in [-0.25, -0.2) is 0 Å². The fraction of sp³-hybridized carbons (Fsp3) is 0.500. The first-order valence-corrected chi connectivity index (χ1v) is 6.07. The van der Waals surface area contributed by atoms with E-state index in [4.69, 9.17) is 4.74 Å². The van der Waals surface area contributed by atoms with E-state index < -0.39 is 0 Å². The van der Waals surface area contributed by atoms with Gasteiger partial charge in [0.05, 0.1) is 24.9 Å². The maximum atomic E-state index is 12.1. The molecule has 3 rings (SSSR count). The van der Waals surface area contributed by atoms with Gasteiger partial charge in [-0.1, -0.05) is 0 Å². The first-order valence-electron chi connectivity index (χ1n) is 6.07. The summed E-state index contributed by atoms with van der Waals surface area (Å²) >= 11 is 0. The van der Waals surface area contributed by atoms with Crippen LogP contribution in [0.3, 0.4) is 0 Å². The Labute approximate surface area is 116 Å². The number of aromatic amines is 1. The number of fused-ring (bicyclic) bond motifs is 1. The highest BCUT2D eigenvalue weighted by Gasteiger charge is 2.19. The van der Waals surface area contributed by atoms with Crippen molar-refractivity contribution in [2.75, 3.05) is 19.8 Å². The number of nitrogens with zero attached hydrogens (tertiary/aromatic N) is 2. The number of halogens is 1. The van der Waals surface area contributed by atoms with Crippen LogP contribution in [0.5, 0.6) is 0 Å². The fourth-order valence-corrected chi connectivity index (χ4v) is 2.17. The van der Waals surface area contributed by atoms with Crippen LogP contribution in [0.25, 0.3) is 5.65 Å². The summed E-state index contributed by atoms with van der Waals surface area (Å²) in [5.74, 6) is 0. The van der Waals surface area contributed by atoms with Gasteiger partial charge in [0.15, 0.2) is 0 Å². The predicted molar refractivity (Wildman–Crippen MR) is 74.1 cm³/mol. The van der Waals surface area contributed by atoms with Crippen LogP contribution in [0.4, 0.5) is 0 Å². The quantitative estimate of drug-likeness (QED) is 0.810. The van der Waals surface area contributed by atoms with E-state index in [9.17, 15) is 4.79 Å². The lowest BCUT2D eigenvalue weighted by molar-refractivity contribution is 0.0755. The highest BCUT2D eigenvalue weighted by Crippen LogP contribution is 2.15. The number of aromatic nitrogens is 3. The van der Waals surface area contributed by atoms with E-state index in [0.717, 1.165) is 30.2 Å². The number of H-pyrrole nitrogens is 1. The number of ether oxygens (including phenoxy) is 1. The van der Waals surface area contributed by atoms with Crippen molar-refractivity contribution in [3.8, 4) is 0 Å². The van der Waals surface area contributed by atoms with Crippen molar-refractivity contribution < 1.29 is 4.74 Å². The molecule has 19 heavy (non-hydrogen) atoms. The Morgan fingerprint density at radius 2 is 2.26 bits per heavy atom. The average Bonchev–Trinajstić information content (AvgIpc) is 2.81. The summed E-state index contributed by atoms with van der Waals surface area (Å²) in [5.41, 5.74) is 3.08. The minimum atomic E-state index is -0.0655. The van der Waals surface area contributed by atoms with Crippen molar-refractivity contribution >= 4 is 18.1 Å². The first kappa shape index (κ1) is 14.0. The first-order chi connectivity index (χ1) is 8.66. The minimum absolute atomic E-state index is 0. The van der Waals surface area contributed by atoms with E-state index in [0.29, 0.717) is 12.2 Å². The summed E-state index contributed by atoms with van der Waals surface area (Å²) in [6.45, 7) is 5.82. The van der Waals surface area contributed by atoms with Crippen molar-refractivity contribution in [3.05, 3.63) is 33.4 Å². The number of rotatable bonds is 1. The summed E-state index contributed by atoms with van der Waals surface area (Å²) in [4.78, 5) is 15.3. The lowest BCUT2D eigenvalue weighted by Crippen LogP contribution is -2.34. The van der Waals surface area contributed by atoms with Gasteiger partial charge in [-0.2, -0.15) is 9.61 Å². The van der Waals surface area contributed by atoms with Gasteiger partial charge in [0.1, 0.15) is 5.65 Å². The highest BCUT2D eigenvalue weighted by atomic mass is 35.5. The minimum Gasteiger partial charge on any atom is -0.378 e. The monoisotopic (exact) mass is 284 g/mol. The van der Waals surface area contributed by atoms with Crippen LogP contribution < -0.4 is 10.9 Å². The van der Waals surface area contributed by atoms with Gasteiger partial charge in [-0.15, -0.1) is 12.4 Å². The van der Waals surface area contributed by atoms with E-state index >= 15 is 0 Å². The number of aryl methyl sites for hydroxylation is 1. The molecule has 3 heterocycles. The third kappa shape index (κ3) is 2.39. The van der Waals surface area contributed by atoms with E-state index in [1.165, 1.54) is 4.52 Å². The molecule has 1 aliphatic rings. The van der Waals surface area contributed by atoms with Gasteiger partial charge in [0.2, 0.25) is 0 Å². The molecule has 1 atom stereocenters. The maximum Gasteiger partial charge on any atom is 0.277 e. The van der Waals surface area contributed by atoms with Crippen LogP contribution in [-0.4, -0.2) is 34.4 Å². The maximum absolute atomic E-state index is 12.1. The number of morpholine rings is 1. The second-order valence-electron chi connectivity index (χ2n) is 4.63. The Bertz CT molecular complexity index is 643. The topological polar surface area (TPSA) is 71.4 Å². The zero-order valence-corrected chi connectivity index (χ0v) is 11.7. The number of hydrogen-bond donors (Lipinski definition) is 2. The lowest BCUT2D eigenvalue weighted by atomic mass is 10.2. The van der Waals surface area contributed by atoms with Crippen LogP contribution in [0.2, 0.25) is 0 Å². The molecule has 0 radical (unpaired) electrons. The Morgan fingerprint density at radius 1 is 1.47 bits per heavy atom. The van der Waals surface area contributed by atoms with Gasteiger partial charge in [0, 0.05) is 23.9 Å². The molecule has 1 saturated heterocycles. The summed E-state index contributed by atoms with van der Waals surface area (Å²) < 4.78 is 6.83. The van der Waals surface area contributed by atoms with Crippen LogP contribution in [0.1, 0.15) is 23.0 Å². The molecule has 2 aromatic heterocycles. The van der Waals surface area contributed by atoms with Crippen LogP contribution >= 0.6 is 12.4 Å². The fourth-order valence-electron chi connectivity index (χ4n) is 2.17. The molecule has 1 unspecified atom stereocenters. The zero-order valence-electron chi connectivity index (χ0n) is 10.9. The molecular weight excluding hydrogens is 268 g/mol. The molecular formula is C12H17ClN4O2. The molecule has 2 aromatic rings. The Morgan fingerprint density at radius 3 is 2.95 bits per heavy atom. The summed E-state index contributed by atoms with van der Waals surface area (Å²) in [5, 5.41) is 7.70. The Hall–Kier alpha value is -1.37. The van der Waals surface area contributed by atoms with Gasteiger partial charge >= 0.3 is 0 Å². The van der Waals surface area contributed by atoms with E-state index in [1.807, 2.05) is 13.0 Å².